The van der Waals surface area contributed by atoms with Gasteiger partial charge in [0.1, 0.15) is 5.01 Å². The number of rotatable bonds is 6. The van der Waals surface area contributed by atoms with Crippen LogP contribution in [0.2, 0.25) is 4.34 Å². The number of aromatic nitrogens is 1. The van der Waals surface area contributed by atoms with Crippen molar-refractivity contribution in [2.24, 2.45) is 0 Å². The van der Waals surface area contributed by atoms with Crippen molar-refractivity contribution >= 4 is 55.9 Å². The van der Waals surface area contributed by atoms with E-state index in [1.165, 1.54) is 33.0 Å². The number of hydrogen-bond donors (Lipinski definition) is 1. The number of hydrogen-bond acceptors (Lipinski definition) is 6. The number of carbonyl (C=O) groups excluding carboxylic acids is 1. The van der Waals surface area contributed by atoms with Gasteiger partial charge in [0.25, 0.3) is 0 Å². The summed E-state index contributed by atoms with van der Waals surface area (Å²) in [5.41, 5.74) is 1.12. The molecule has 1 N–H and O–H groups in total. The zero-order valence-electron chi connectivity index (χ0n) is 16.0. The first-order valence-electron chi connectivity index (χ1n) is 9.52. The molecule has 4 rings (SSSR count). The van der Waals surface area contributed by atoms with E-state index in [9.17, 15) is 13.2 Å². The van der Waals surface area contributed by atoms with Gasteiger partial charge in [-0.2, -0.15) is 4.31 Å². The molecule has 1 fully saturated rings. The molecule has 0 atom stereocenters. The molecule has 1 aromatic carbocycles. The predicted molar refractivity (Wildman–Crippen MR) is 122 cm³/mol. The Morgan fingerprint density at radius 3 is 2.70 bits per heavy atom. The number of anilines is 1. The summed E-state index contributed by atoms with van der Waals surface area (Å²) >= 11 is 8.88. The molecule has 3 heterocycles. The van der Waals surface area contributed by atoms with Crippen LogP contribution in [-0.4, -0.2) is 36.7 Å². The Hall–Kier alpha value is -1.78. The number of amides is 1. The Morgan fingerprint density at radius 1 is 1.17 bits per heavy atom. The second kappa shape index (κ2) is 9.15. The van der Waals surface area contributed by atoms with Gasteiger partial charge < -0.3 is 5.32 Å². The number of benzene rings is 1. The van der Waals surface area contributed by atoms with Crippen molar-refractivity contribution in [2.75, 3.05) is 18.4 Å². The second-order valence-electron chi connectivity index (χ2n) is 6.97. The maximum absolute atomic E-state index is 12.9. The average Bonchev–Trinajstić information content (AvgIpc) is 3.37. The lowest BCUT2D eigenvalue weighted by Gasteiger charge is -2.26. The Bertz CT molecular complexity index is 1150. The second-order valence-corrected chi connectivity index (χ2v) is 11.5. The molecule has 0 saturated carbocycles. The van der Waals surface area contributed by atoms with Crippen LogP contribution in [-0.2, 0) is 21.2 Å². The molecule has 0 unspecified atom stereocenters. The molecule has 6 nitrogen and oxygen atoms in total. The number of nitrogens with zero attached hydrogens (tertiary/aromatic N) is 2. The Balaban J connectivity index is 1.43. The Morgan fingerprint density at radius 2 is 1.97 bits per heavy atom. The molecule has 158 valence electrons. The third kappa shape index (κ3) is 4.92. The molecule has 0 aliphatic carbocycles. The molecule has 1 amide bonds. The maximum atomic E-state index is 12.9. The third-order valence-corrected chi connectivity index (χ3v) is 8.93. The largest absolute Gasteiger partial charge is 0.326 e. The highest BCUT2D eigenvalue weighted by atomic mass is 35.5. The topological polar surface area (TPSA) is 79.4 Å². The van der Waals surface area contributed by atoms with Crippen LogP contribution in [0.25, 0.3) is 9.88 Å². The van der Waals surface area contributed by atoms with E-state index >= 15 is 0 Å². The summed E-state index contributed by atoms with van der Waals surface area (Å²) in [7, 11) is -3.54. The highest BCUT2D eigenvalue weighted by molar-refractivity contribution is 7.89. The zero-order valence-corrected chi connectivity index (χ0v) is 19.2. The molecule has 1 aliphatic rings. The molecule has 0 bridgehead atoms. The van der Waals surface area contributed by atoms with Crippen LogP contribution in [0.3, 0.4) is 0 Å². The molecule has 30 heavy (non-hydrogen) atoms. The number of piperidine rings is 1. The molecular formula is C20H20ClN3O3S3. The quantitative estimate of drug-likeness (QED) is 0.544. The van der Waals surface area contributed by atoms with Crippen molar-refractivity contribution in [1.82, 2.24) is 9.29 Å². The first-order chi connectivity index (χ1) is 14.4. The maximum Gasteiger partial charge on any atom is 0.243 e. The summed E-state index contributed by atoms with van der Waals surface area (Å²) in [6.07, 6.45) is 2.92. The van der Waals surface area contributed by atoms with E-state index in [1.54, 1.807) is 18.2 Å². The van der Waals surface area contributed by atoms with Crippen LogP contribution in [0.15, 0.2) is 46.7 Å². The molecule has 3 aromatic rings. The van der Waals surface area contributed by atoms with Crippen molar-refractivity contribution in [3.8, 4) is 9.88 Å². The van der Waals surface area contributed by atoms with Gasteiger partial charge >= 0.3 is 0 Å². The lowest BCUT2D eigenvalue weighted by atomic mass is 10.2. The molecule has 0 radical (unpaired) electrons. The normalized spacial score (nSPS) is 15.2. The Kier molecular flexibility index (Phi) is 6.54. The van der Waals surface area contributed by atoms with Crippen molar-refractivity contribution < 1.29 is 13.2 Å². The number of thiophene rings is 1. The van der Waals surface area contributed by atoms with Gasteiger partial charge in [-0.15, -0.1) is 22.7 Å². The number of carbonyl (C=O) groups is 1. The minimum absolute atomic E-state index is 0.110. The fourth-order valence-electron chi connectivity index (χ4n) is 3.29. The van der Waals surface area contributed by atoms with Crippen molar-refractivity contribution in [2.45, 2.75) is 30.6 Å². The first-order valence-corrected chi connectivity index (χ1v) is 13.0. The summed E-state index contributed by atoms with van der Waals surface area (Å²) in [5.74, 6) is -0.247. The van der Waals surface area contributed by atoms with E-state index in [0.29, 0.717) is 28.8 Å². The molecule has 1 aliphatic heterocycles. The van der Waals surface area contributed by atoms with Crippen molar-refractivity contribution in [1.29, 1.82) is 0 Å². The zero-order chi connectivity index (χ0) is 21.1. The summed E-state index contributed by atoms with van der Waals surface area (Å²) in [4.78, 5) is 18.1. The van der Waals surface area contributed by atoms with Crippen molar-refractivity contribution in [3.05, 3.63) is 51.8 Å². The fourth-order valence-corrected chi connectivity index (χ4v) is 6.79. The van der Waals surface area contributed by atoms with Crippen LogP contribution in [0.1, 0.15) is 25.0 Å². The summed E-state index contributed by atoms with van der Waals surface area (Å²) in [6, 6.07) is 10.1. The average molecular weight is 482 g/mol. The predicted octanol–water partition coefficient (Wildman–Crippen LogP) is 4.88. The van der Waals surface area contributed by atoms with Crippen LogP contribution in [0.4, 0.5) is 5.69 Å². The van der Waals surface area contributed by atoms with Gasteiger partial charge in [0.15, 0.2) is 0 Å². The van der Waals surface area contributed by atoms with E-state index in [0.717, 1.165) is 29.1 Å². The number of halogens is 1. The smallest absolute Gasteiger partial charge is 0.243 e. The minimum Gasteiger partial charge on any atom is -0.326 e. The Labute approximate surface area is 188 Å². The van der Waals surface area contributed by atoms with Crippen LogP contribution in [0.5, 0.6) is 0 Å². The lowest BCUT2D eigenvalue weighted by Crippen LogP contribution is -2.35. The molecule has 1 saturated heterocycles. The summed E-state index contributed by atoms with van der Waals surface area (Å²) in [6.45, 7) is 1.08. The van der Waals surface area contributed by atoms with Gasteiger partial charge in [0.2, 0.25) is 15.9 Å². The van der Waals surface area contributed by atoms with E-state index < -0.39 is 10.0 Å². The summed E-state index contributed by atoms with van der Waals surface area (Å²) in [5, 5.41) is 5.45. The van der Waals surface area contributed by atoms with Crippen molar-refractivity contribution in [3.63, 3.8) is 0 Å². The highest BCUT2D eigenvalue weighted by Gasteiger charge is 2.26. The van der Waals surface area contributed by atoms with E-state index in [2.05, 4.69) is 10.3 Å². The van der Waals surface area contributed by atoms with E-state index in [1.807, 2.05) is 17.5 Å². The number of nitrogens with one attached hydrogen (secondary N) is 1. The van der Waals surface area contributed by atoms with E-state index in [-0.39, 0.29) is 17.2 Å². The molecule has 0 spiro atoms. The van der Waals surface area contributed by atoms with Gasteiger partial charge in [-0.3, -0.25) is 4.79 Å². The van der Waals surface area contributed by atoms with E-state index in [4.69, 9.17) is 11.6 Å². The SMILES string of the molecule is O=C(Cc1csc(-c2ccc(Cl)s2)n1)Nc1cccc(S(=O)(=O)N2CCCCC2)c1. The number of thiazole rings is 1. The minimum atomic E-state index is -3.54. The molecular weight excluding hydrogens is 462 g/mol. The fraction of sp³-hybridized carbons (Fsp3) is 0.300. The molecule has 10 heteroatoms. The number of sulfonamides is 1. The van der Waals surface area contributed by atoms with Crippen LogP contribution >= 0.6 is 34.3 Å². The van der Waals surface area contributed by atoms with Gasteiger partial charge in [0, 0.05) is 24.2 Å². The monoisotopic (exact) mass is 481 g/mol. The highest BCUT2D eigenvalue weighted by Crippen LogP contribution is 2.33. The summed E-state index contributed by atoms with van der Waals surface area (Å²) < 4.78 is 27.9. The lowest BCUT2D eigenvalue weighted by molar-refractivity contribution is -0.115. The van der Waals surface area contributed by atoms with Crippen LogP contribution in [0, 0.1) is 0 Å². The van der Waals surface area contributed by atoms with Gasteiger partial charge in [-0.1, -0.05) is 24.1 Å². The first kappa shape index (κ1) is 21.5. The standard InChI is InChI=1S/C20H20ClN3O3S3/c21-18-8-7-17(29-18)20-23-15(13-28-20)12-19(25)22-14-5-4-6-16(11-14)30(26,27)24-9-2-1-3-10-24/h4-8,11,13H,1-3,9-10,12H2,(H,22,25). The van der Waals surface area contributed by atoms with Gasteiger partial charge in [-0.25, -0.2) is 13.4 Å². The van der Waals surface area contributed by atoms with Gasteiger partial charge in [-0.05, 0) is 43.2 Å². The molecule has 2 aromatic heterocycles. The van der Waals surface area contributed by atoms with Gasteiger partial charge in [0.05, 0.1) is 26.2 Å². The van der Waals surface area contributed by atoms with Crippen LogP contribution < -0.4 is 5.32 Å². The third-order valence-electron chi connectivity index (χ3n) is 4.75.